The van der Waals surface area contributed by atoms with E-state index in [4.69, 9.17) is 5.73 Å². The minimum Gasteiger partial charge on any atom is -0.382 e. The average Bonchev–Trinajstić information content (AvgIpc) is 2.76. The Hall–Kier alpha value is -2.13. The van der Waals surface area contributed by atoms with Gasteiger partial charge in [-0.15, -0.1) is 0 Å². The van der Waals surface area contributed by atoms with Crippen LogP contribution in [0.3, 0.4) is 0 Å². The molecule has 2 amide bonds. The van der Waals surface area contributed by atoms with Crippen molar-refractivity contribution in [3.8, 4) is 0 Å². The Balaban J connectivity index is 2.13. The molecular formula is C24H36F3N3O3. The number of alkyl halides is 3. The number of aliphatic hydroxyl groups is 1. The van der Waals surface area contributed by atoms with Gasteiger partial charge in [-0.1, -0.05) is 76.3 Å². The number of carbonyl (C=O) groups excluding carboxylic acids is 2. The molecule has 9 heteroatoms. The van der Waals surface area contributed by atoms with Crippen molar-refractivity contribution in [3.05, 3.63) is 35.9 Å². The van der Waals surface area contributed by atoms with E-state index in [-0.39, 0.29) is 6.42 Å². The third-order valence-corrected chi connectivity index (χ3v) is 6.27. The Morgan fingerprint density at radius 2 is 1.67 bits per heavy atom. The van der Waals surface area contributed by atoms with Gasteiger partial charge in [0.2, 0.25) is 11.8 Å². The topological polar surface area (TPSA) is 104 Å². The van der Waals surface area contributed by atoms with Crippen molar-refractivity contribution in [2.45, 2.75) is 89.2 Å². The van der Waals surface area contributed by atoms with Crippen molar-refractivity contribution in [2.24, 2.45) is 17.6 Å². The summed E-state index contributed by atoms with van der Waals surface area (Å²) in [6.07, 6.45) is -1.59. The molecule has 186 valence electrons. The molecule has 4 unspecified atom stereocenters. The quantitative estimate of drug-likeness (QED) is 0.421. The SMILES string of the molecule is CC(C)C(NC(=O)C(Cc1ccccc1)NC(=O)C(N)CC1CCCCC1)C(O)C(F)(F)F. The lowest BCUT2D eigenvalue weighted by atomic mass is 9.85. The highest BCUT2D eigenvalue weighted by molar-refractivity contribution is 5.90. The van der Waals surface area contributed by atoms with E-state index < -0.39 is 48.1 Å². The van der Waals surface area contributed by atoms with Crippen LogP contribution >= 0.6 is 0 Å². The molecule has 33 heavy (non-hydrogen) atoms. The number of nitrogens with one attached hydrogen (secondary N) is 2. The second-order valence-corrected chi connectivity index (χ2v) is 9.36. The lowest BCUT2D eigenvalue weighted by Gasteiger charge is -2.31. The lowest BCUT2D eigenvalue weighted by Crippen LogP contribution is -2.59. The minimum atomic E-state index is -4.89. The Bertz CT molecular complexity index is 752. The van der Waals surface area contributed by atoms with Crippen molar-refractivity contribution < 1.29 is 27.9 Å². The minimum absolute atomic E-state index is 0.0848. The van der Waals surface area contributed by atoms with E-state index in [1.165, 1.54) is 20.3 Å². The molecule has 0 heterocycles. The molecule has 0 radical (unpaired) electrons. The van der Waals surface area contributed by atoms with E-state index in [9.17, 15) is 27.9 Å². The van der Waals surface area contributed by atoms with Crippen LogP contribution < -0.4 is 16.4 Å². The molecule has 0 aliphatic heterocycles. The van der Waals surface area contributed by atoms with Crippen LogP contribution in [0.25, 0.3) is 0 Å². The molecule has 1 aromatic carbocycles. The molecule has 0 bridgehead atoms. The first-order valence-electron chi connectivity index (χ1n) is 11.6. The fourth-order valence-electron chi connectivity index (χ4n) is 4.31. The summed E-state index contributed by atoms with van der Waals surface area (Å²) in [6.45, 7) is 2.95. The third-order valence-electron chi connectivity index (χ3n) is 6.27. The molecule has 2 rings (SSSR count). The van der Waals surface area contributed by atoms with Crippen molar-refractivity contribution in [1.82, 2.24) is 10.6 Å². The van der Waals surface area contributed by atoms with Gasteiger partial charge < -0.3 is 21.5 Å². The zero-order chi connectivity index (χ0) is 24.6. The molecule has 5 N–H and O–H groups in total. The molecule has 1 saturated carbocycles. The number of benzene rings is 1. The van der Waals surface area contributed by atoms with Gasteiger partial charge in [0.15, 0.2) is 6.10 Å². The van der Waals surface area contributed by atoms with Crippen LogP contribution in [0.15, 0.2) is 30.3 Å². The molecule has 4 atom stereocenters. The smallest absolute Gasteiger partial charge is 0.382 e. The monoisotopic (exact) mass is 471 g/mol. The highest BCUT2D eigenvalue weighted by Crippen LogP contribution is 2.27. The van der Waals surface area contributed by atoms with Crippen LogP contribution in [0, 0.1) is 11.8 Å². The van der Waals surface area contributed by atoms with E-state index in [1.54, 1.807) is 30.3 Å². The van der Waals surface area contributed by atoms with Crippen molar-refractivity contribution >= 4 is 11.8 Å². The van der Waals surface area contributed by atoms with E-state index in [1.807, 2.05) is 0 Å². The first-order chi connectivity index (χ1) is 15.5. The summed E-state index contributed by atoms with van der Waals surface area (Å²) in [5.41, 5.74) is 6.84. The molecule has 0 spiro atoms. The molecule has 1 fully saturated rings. The maximum absolute atomic E-state index is 13.1. The van der Waals surface area contributed by atoms with Crippen LogP contribution in [-0.2, 0) is 16.0 Å². The summed E-state index contributed by atoms with van der Waals surface area (Å²) in [5, 5.41) is 14.7. The standard InChI is InChI=1S/C24H36F3N3O3/c1-15(2)20(21(31)24(25,26)27)30-23(33)19(14-17-11-7-4-8-12-17)29-22(32)18(28)13-16-9-5-3-6-10-16/h4,7-8,11-12,15-16,18-21,31H,3,5-6,9-10,13-14,28H2,1-2H3,(H,29,32)(H,30,33). The molecular weight excluding hydrogens is 435 g/mol. The highest BCUT2D eigenvalue weighted by atomic mass is 19.4. The second kappa shape index (κ2) is 12.4. The number of halogens is 3. The number of amides is 2. The van der Waals surface area contributed by atoms with Crippen molar-refractivity contribution in [2.75, 3.05) is 0 Å². The predicted molar refractivity (Wildman–Crippen MR) is 120 cm³/mol. The first kappa shape index (κ1) is 27.1. The number of hydrogen-bond donors (Lipinski definition) is 4. The highest BCUT2D eigenvalue weighted by Gasteiger charge is 2.45. The molecule has 0 aromatic heterocycles. The van der Waals surface area contributed by atoms with Crippen LogP contribution in [0.5, 0.6) is 0 Å². The van der Waals surface area contributed by atoms with Gasteiger partial charge >= 0.3 is 6.18 Å². The summed E-state index contributed by atoms with van der Waals surface area (Å²) < 4.78 is 39.3. The Morgan fingerprint density at radius 3 is 2.21 bits per heavy atom. The van der Waals surface area contributed by atoms with E-state index in [2.05, 4.69) is 10.6 Å². The van der Waals surface area contributed by atoms with E-state index in [0.717, 1.165) is 31.2 Å². The van der Waals surface area contributed by atoms with Gasteiger partial charge in [-0.05, 0) is 23.8 Å². The fraction of sp³-hybridized carbons (Fsp3) is 0.667. The Labute approximate surface area is 193 Å². The van der Waals surface area contributed by atoms with Crippen molar-refractivity contribution in [1.29, 1.82) is 0 Å². The van der Waals surface area contributed by atoms with E-state index in [0.29, 0.717) is 12.3 Å². The number of aliphatic hydroxyl groups excluding tert-OH is 1. The number of rotatable bonds is 10. The Morgan fingerprint density at radius 1 is 1.06 bits per heavy atom. The summed E-state index contributed by atoms with van der Waals surface area (Å²) in [7, 11) is 0. The summed E-state index contributed by atoms with van der Waals surface area (Å²) >= 11 is 0. The zero-order valence-electron chi connectivity index (χ0n) is 19.3. The second-order valence-electron chi connectivity index (χ2n) is 9.36. The van der Waals surface area contributed by atoms with Gasteiger partial charge in [0, 0.05) is 6.42 Å². The molecule has 1 aromatic rings. The van der Waals surface area contributed by atoms with Crippen molar-refractivity contribution in [3.63, 3.8) is 0 Å². The lowest BCUT2D eigenvalue weighted by molar-refractivity contribution is -0.215. The average molecular weight is 472 g/mol. The van der Waals surface area contributed by atoms with Crippen LogP contribution in [0.2, 0.25) is 0 Å². The van der Waals surface area contributed by atoms with Gasteiger partial charge in [-0.25, -0.2) is 0 Å². The third kappa shape index (κ3) is 8.62. The normalized spacial score (nSPS) is 18.9. The summed E-state index contributed by atoms with van der Waals surface area (Å²) in [6, 6.07) is 5.38. The largest absolute Gasteiger partial charge is 0.416 e. The molecule has 1 aliphatic rings. The summed E-state index contributed by atoms with van der Waals surface area (Å²) in [4.78, 5) is 25.8. The molecule has 0 saturated heterocycles. The van der Waals surface area contributed by atoms with Crippen LogP contribution in [0.1, 0.15) is 57.9 Å². The first-order valence-corrected chi connectivity index (χ1v) is 11.6. The number of carbonyl (C=O) groups is 2. The molecule has 6 nitrogen and oxygen atoms in total. The van der Waals surface area contributed by atoms with Gasteiger partial charge in [0.05, 0.1) is 12.1 Å². The Kier molecular flexibility index (Phi) is 10.2. The number of hydrogen-bond acceptors (Lipinski definition) is 4. The van der Waals surface area contributed by atoms with Crippen LogP contribution in [0.4, 0.5) is 13.2 Å². The van der Waals surface area contributed by atoms with Gasteiger partial charge in [-0.2, -0.15) is 13.2 Å². The summed E-state index contributed by atoms with van der Waals surface area (Å²) in [5.74, 6) is -1.63. The van der Waals surface area contributed by atoms with Gasteiger partial charge in [-0.3, -0.25) is 9.59 Å². The maximum atomic E-state index is 13.1. The number of nitrogens with two attached hydrogens (primary N) is 1. The zero-order valence-corrected chi connectivity index (χ0v) is 19.3. The predicted octanol–water partition coefficient (Wildman–Crippen LogP) is 3.08. The molecule has 1 aliphatic carbocycles. The van der Waals surface area contributed by atoms with E-state index >= 15 is 0 Å². The van der Waals surface area contributed by atoms with Gasteiger partial charge in [0.25, 0.3) is 0 Å². The fourth-order valence-corrected chi connectivity index (χ4v) is 4.31. The maximum Gasteiger partial charge on any atom is 0.416 e. The van der Waals surface area contributed by atoms with Crippen LogP contribution in [-0.4, -0.2) is 47.3 Å². The van der Waals surface area contributed by atoms with Gasteiger partial charge in [0.1, 0.15) is 6.04 Å².